The molecule has 28 heavy (non-hydrogen) atoms. The van der Waals surface area contributed by atoms with Crippen molar-refractivity contribution >= 4 is 23.5 Å². The lowest BCUT2D eigenvalue weighted by molar-refractivity contribution is -0.132. The average molecular weight is 411 g/mol. The van der Waals surface area contributed by atoms with Crippen molar-refractivity contribution in [3.63, 3.8) is 0 Å². The number of ether oxygens (including phenoxy) is 1. The molecule has 2 unspecified atom stereocenters. The van der Waals surface area contributed by atoms with Crippen LogP contribution in [-0.4, -0.2) is 35.1 Å². The van der Waals surface area contributed by atoms with Gasteiger partial charge >= 0.3 is 12.6 Å². The Hall–Kier alpha value is -2.71. The number of hydrogen-bond acceptors (Lipinski definition) is 4. The van der Waals surface area contributed by atoms with E-state index in [0.29, 0.717) is 16.1 Å². The van der Waals surface area contributed by atoms with Crippen LogP contribution in [0.25, 0.3) is 0 Å². The molecule has 2 N–H and O–H groups in total. The van der Waals surface area contributed by atoms with Gasteiger partial charge in [-0.15, -0.1) is 0 Å². The molecule has 1 aliphatic rings. The zero-order valence-electron chi connectivity index (χ0n) is 14.7. The maximum Gasteiger partial charge on any atom is 0.387 e. The summed E-state index contributed by atoms with van der Waals surface area (Å²) in [6, 6.07) is 11.2. The first-order chi connectivity index (χ1) is 13.2. The molecule has 0 bridgehead atoms. The summed E-state index contributed by atoms with van der Waals surface area (Å²) in [5.74, 6) is -0.623. The summed E-state index contributed by atoms with van der Waals surface area (Å²) in [4.78, 5) is 26.1. The lowest BCUT2D eigenvalue weighted by Crippen LogP contribution is -2.41. The van der Waals surface area contributed by atoms with Crippen LogP contribution in [0.5, 0.6) is 5.75 Å². The van der Waals surface area contributed by atoms with Gasteiger partial charge in [0.25, 0.3) is 5.91 Å². The van der Waals surface area contributed by atoms with Crippen molar-refractivity contribution in [3.05, 3.63) is 64.7 Å². The van der Waals surface area contributed by atoms with Crippen LogP contribution in [0.3, 0.4) is 0 Å². The predicted octanol–water partition coefficient (Wildman–Crippen LogP) is 3.44. The second-order valence-corrected chi connectivity index (χ2v) is 6.88. The van der Waals surface area contributed by atoms with Gasteiger partial charge in [0.2, 0.25) is 0 Å². The van der Waals surface area contributed by atoms with E-state index in [9.17, 15) is 23.5 Å². The second-order valence-electron chi connectivity index (χ2n) is 6.44. The zero-order chi connectivity index (χ0) is 20.5. The van der Waals surface area contributed by atoms with E-state index >= 15 is 0 Å². The number of alkyl halides is 2. The highest BCUT2D eigenvalue weighted by molar-refractivity contribution is 6.30. The van der Waals surface area contributed by atoms with Crippen molar-refractivity contribution in [1.82, 2.24) is 10.2 Å². The van der Waals surface area contributed by atoms with E-state index in [1.54, 1.807) is 24.3 Å². The number of nitrogens with one attached hydrogen (secondary N) is 1. The van der Waals surface area contributed by atoms with E-state index in [2.05, 4.69) is 10.1 Å². The molecule has 0 aliphatic carbocycles. The van der Waals surface area contributed by atoms with E-state index in [4.69, 9.17) is 11.6 Å². The van der Waals surface area contributed by atoms with Crippen molar-refractivity contribution in [2.75, 3.05) is 6.54 Å². The van der Waals surface area contributed by atoms with Gasteiger partial charge in [-0.05, 0) is 42.3 Å². The summed E-state index contributed by atoms with van der Waals surface area (Å²) in [5.41, 5.74) is -0.483. The fourth-order valence-electron chi connectivity index (χ4n) is 2.99. The van der Waals surface area contributed by atoms with Crippen LogP contribution in [0.15, 0.2) is 48.5 Å². The van der Waals surface area contributed by atoms with Crippen LogP contribution in [0.4, 0.5) is 13.6 Å². The Morgan fingerprint density at radius 2 is 1.75 bits per heavy atom. The van der Waals surface area contributed by atoms with E-state index in [-0.39, 0.29) is 12.3 Å². The number of halogens is 3. The minimum absolute atomic E-state index is 0.0610. The van der Waals surface area contributed by atoms with Crippen LogP contribution in [0, 0.1) is 0 Å². The van der Waals surface area contributed by atoms with Crippen molar-refractivity contribution in [2.24, 2.45) is 0 Å². The fraction of sp³-hybridized carbons (Fsp3) is 0.263. The van der Waals surface area contributed by atoms with Gasteiger partial charge < -0.3 is 15.2 Å². The summed E-state index contributed by atoms with van der Waals surface area (Å²) in [6.45, 7) is -1.70. The number of amides is 3. The molecule has 0 radical (unpaired) electrons. The quantitative estimate of drug-likeness (QED) is 0.715. The number of rotatable bonds is 6. The van der Waals surface area contributed by atoms with Crippen molar-refractivity contribution in [2.45, 2.75) is 25.2 Å². The molecule has 2 atom stereocenters. The van der Waals surface area contributed by atoms with Gasteiger partial charge in [0.1, 0.15) is 11.3 Å². The summed E-state index contributed by atoms with van der Waals surface area (Å²) in [6.07, 6.45) is -1.09. The third-order valence-corrected chi connectivity index (χ3v) is 4.79. The number of imide groups is 1. The first kappa shape index (κ1) is 20.0. The molecular weight excluding hydrogens is 394 g/mol. The first-order valence-corrected chi connectivity index (χ1v) is 8.71. The van der Waals surface area contributed by atoms with E-state index < -0.39 is 30.2 Å². The summed E-state index contributed by atoms with van der Waals surface area (Å²) in [7, 11) is 0. The Morgan fingerprint density at radius 1 is 1.14 bits per heavy atom. The number of benzene rings is 2. The van der Waals surface area contributed by atoms with E-state index in [1.807, 2.05) is 0 Å². The largest absolute Gasteiger partial charge is 0.435 e. The van der Waals surface area contributed by atoms with Gasteiger partial charge in [-0.25, -0.2) is 4.79 Å². The van der Waals surface area contributed by atoms with Crippen LogP contribution < -0.4 is 10.1 Å². The zero-order valence-corrected chi connectivity index (χ0v) is 15.5. The van der Waals surface area contributed by atoms with Crippen molar-refractivity contribution < 1.29 is 28.2 Å². The smallest absolute Gasteiger partial charge is 0.387 e. The van der Waals surface area contributed by atoms with Gasteiger partial charge in [0.05, 0.1) is 12.6 Å². The molecule has 1 heterocycles. The molecule has 0 spiro atoms. The molecular formula is C19H17ClF2N2O4. The highest BCUT2D eigenvalue weighted by atomic mass is 35.5. The molecule has 0 saturated carbocycles. The number of aliphatic hydroxyl groups is 1. The molecule has 148 valence electrons. The number of β-amino-alcohol motifs (C(OH)–C–C–N with tert-alkyl or cyclic N) is 1. The molecule has 0 aromatic heterocycles. The molecule has 1 aliphatic heterocycles. The summed E-state index contributed by atoms with van der Waals surface area (Å²) in [5, 5.41) is 13.5. The molecule has 9 heteroatoms. The van der Waals surface area contributed by atoms with Crippen LogP contribution >= 0.6 is 11.6 Å². The summed E-state index contributed by atoms with van der Waals surface area (Å²) >= 11 is 5.82. The molecule has 3 rings (SSSR count). The van der Waals surface area contributed by atoms with E-state index in [0.717, 1.165) is 4.90 Å². The Bertz CT molecular complexity index is 877. The topological polar surface area (TPSA) is 78.9 Å². The highest BCUT2D eigenvalue weighted by Gasteiger charge is 2.49. The van der Waals surface area contributed by atoms with Gasteiger partial charge in [-0.3, -0.25) is 9.69 Å². The Labute approximate surface area is 164 Å². The third-order valence-electron chi connectivity index (χ3n) is 4.54. The van der Waals surface area contributed by atoms with Gasteiger partial charge in [-0.1, -0.05) is 35.9 Å². The minimum atomic E-state index is -2.96. The molecule has 2 aromatic rings. The lowest BCUT2D eigenvalue weighted by atomic mass is 9.92. The molecule has 1 fully saturated rings. The number of hydrogen-bond donors (Lipinski definition) is 2. The molecule has 3 amide bonds. The molecule has 1 saturated heterocycles. The van der Waals surface area contributed by atoms with Crippen LogP contribution in [-0.2, 0) is 10.3 Å². The van der Waals surface area contributed by atoms with Gasteiger partial charge in [0.15, 0.2) is 0 Å². The molecule has 6 nitrogen and oxygen atoms in total. The lowest BCUT2D eigenvalue weighted by Gasteiger charge is -2.23. The number of carbonyl (C=O) groups is 2. The second kappa shape index (κ2) is 7.73. The Balaban J connectivity index is 1.77. The first-order valence-electron chi connectivity index (χ1n) is 8.33. The maximum absolute atomic E-state index is 12.9. The number of carbonyl (C=O) groups excluding carboxylic acids is 2. The van der Waals surface area contributed by atoms with Gasteiger partial charge in [-0.2, -0.15) is 8.78 Å². The number of aliphatic hydroxyl groups excluding tert-OH is 1. The normalized spacial score (nSPS) is 20.4. The van der Waals surface area contributed by atoms with Crippen molar-refractivity contribution in [1.29, 1.82) is 0 Å². The average Bonchev–Trinajstić information content (AvgIpc) is 2.86. The monoisotopic (exact) mass is 410 g/mol. The van der Waals surface area contributed by atoms with Crippen molar-refractivity contribution in [3.8, 4) is 5.75 Å². The predicted molar refractivity (Wildman–Crippen MR) is 97.1 cm³/mol. The SMILES string of the molecule is CC1(c2ccc(OC(F)F)cc2)NC(=O)N(CC(O)c2ccc(Cl)cc2)C1=O. The summed E-state index contributed by atoms with van der Waals surface area (Å²) < 4.78 is 28.8. The Kier molecular flexibility index (Phi) is 5.53. The van der Waals surface area contributed by atoms with E-state index in [1.165, 1.54) is 31.2 Å². The molecule has 2 aromatic carbocycles. The maximum atomic E-state index is 12.9. The third kappa shape index (κ3) is 3.93. The number of nitrogens with zero attached hydrogens (tertiary/aromatic N) is 1. The number of urea groups is 1. The van der Waals surface area contributed by atoms with Crippen LogP contribution in [0.2, 0.25) is 5.02 Å². The highest BCUT2D eigenvalue weighted by Crippen LogP contribution is 2.31. The van der Waals surface area contributed by atoms with Gasteiger partial charge in [0, 0.05) is 5.02 Å². The Morgan fingerprint density at radius 3 is 2.32 bits per heavy atom. The minimum Gasteiger partial charge on any atom is -0.435 e. The fourth-order valence-corrected chi connectivity index (χ4v) is 3.12. The standard InChI is InChI=1S/C19H17ClF2N2O4/c1-19(12-4-8-14(9-5-12)28-17(21)22)16(26)24(18(27)23-19)10-15(25)11-2-6-13(20)7-3-11/h2-9,15,17,25H,10H2,1H3,(H,23,27). The van der Waals surface area contributed by atoms with Crippen LogP contribution in [0.1, 0.15) is 24.2 Å².